The van der Waals surface area contributed by atoms with Crippen LogP contribution in [-0.4, -0.2) is 26.7 Å². The van der Waals surface area contributed by atoms with Gasteiger partial charge in [-0.2, -0.15) is 0 Å². The molecule has 0 bridgehead atoms. The highest BCUT2D eigenvalue weighted by Gasteiger charge is 2.19. The number of halogens is 2. The Labute approximate surface area is 141 Å². The van der Waals surface area contributed by atoms with Crippen molar-refractivity contribution in [1.29, 1.82) is 0 Å². The zero-order valence-electron chi connectivity index (χ0n) is 13.8. The lowest BCUT2D eigenvalue weighted by molar-refractivity contribution is 0.412. The van der Waals surface area contributed by atoms with Crippen molar-refractivity contribution in [3.8, 4) is 17.1 Å². The predicted octanol–water partition coefficient (Wildman–Crippen LogP) is 3.85. The molecule has 0 unspecified atom stereocenters. The SMILES string of the molecule is COc1cc(F)c2nnc3c(C)nc(-c4cc(C)ccc4F)n3c2c1. The zero-order valence-corrected chi connectivity index (χ0v) is 13.8. The Balaban J connectivity index is 2.19. The minimum Gasteiger partial charge on any atom is -0.497 e. The van der Waals surface area contributed by atoms with Crippen LogP contribution in [0.3, 0.4) is 0 Å². The van der Waals surface area contributed by atoms with Crippen molar-refractivity contribution in [2.75, 3.05) is 7.11 Å². The van der Waals surface area contributed by atoms with Crippen LogP contribution in [0.15, 0.2) is 30.3 Å². The van der Waals surface area contributed by atoms with Crippen LogP contribution in [0.4, 0.5) is 8.78 Å². The molecule has 126 valence electrons. The van der Waals surface area contributed by atoms with E-state index in [1.165, 1.54) is 19.2 Å². The van der Waals surface area contributed by atoms with Crippen LogP contribution in [0.1, 0.15) is 11.3 Å². The van der Waals surface area contributed by atoms with Crippen LogP contribution >= 0.6 is 0 Å². The minimum absolute atomic E-state index is 0.0695. The van der Waals surface area contributed by atoms with Crippen molar-refractivity contribution < 1.29 is 13.5 Å². The number of aryl methyl sites for hydroxylation is 2. The number of hydrogen-bond donors (Lipinski definition) is 0. The maximum absolute atomic E-state index is 14.4. The normalized spacial score (nSPS) is 11.4. The number of nitrogens with zero attached hydrogens (tertiary/aromatic N) is 4. The van der Waals surface area contributed by atoms with Gasteiger partial charge in [-0.3, -0.25) is 4.40 Å². The molecule has 25 heavy (non-hydrogen) atoms. The first-order valence-electron chi connectivity index (χ1n) is 7.65. The van der Waals surface area contributed by atoms with E-state index >= 15 is 0 Å². The fourth-order valence-electron chi connectivity index (χ4n) is 2.90. The fourth-order valence-corrected chi connectivity index (χ4v) is 2.90. The van der Waals surface area contributed by atoms with E-state index in [-0.39, 0.29) is 5.52 Å². The van der Waals surface area contributed by atoms with E-state index in [4.69, 9.17) is 4.74 Å². The molecule has 0 aliphatic heterocycles. The van der Waals surface area contributed by atoms with E-state index in [0.29, 0.717) is 34.0 Å². The number of aromatic nitrogens is 4. The van der Waals surface area contributed by atoms with E-state index in [1.54, 1.807) is 29.5 Å². The van der Waals surface area contributed by atoms with Crippen LogP contribution in [0.5, 0.6) is 5.75 Å². The lowest BCUT2D eigenvalue weighted by Crippen LogP contribution is -2.01. The average Bonchev–Trinajstić information content (AvgIpc) is 2.94. The average molecular weight is 340 g/mol. The molecule has 0 radical (unpaired) electrons. The molecule has 4 aromatic rings. The standard InChI is InChI=1S/C18H14F2N4O/c1-9-4-5-13(19)12(6-9)18-21-10(2)17-23-22-16-14(20)7-11(25-3)8-15(16)24(17)18/h4-8H,1-3H3. The summed E-state index contributed by atoms with van der Waals surface area (Å²) in [4.78, 5) is 4.45. The molecule has 0 saturated heterocycles. The summed E-state index contributed by atoms with van der Waals surface area (Å²) >= 11 is 0. The number of benzene rings is 2. The van der Waals surface area contributed by atoms with Gasteiger partial charge in [0.15, 0.2) is 11.5 Å². The second-order valence-electron chi connectivity index (χ2n) is 5.84. The fraction of sp³-hybridized carbons (Fsp3) is 0.167. The van der Waals surface area contributed by atoms with Crippen LogP contribution in [0.25, 0.3) is 28.1 Å². The molecule has 0 spiro atoms. The third-order valence-corrected chi connectivity index (χ3v) is 4.12. The zero-order chi connectivity index (χ0) is 17.7. The minimum atomic E-state index is -0.564. The molecule has 2 aromatic heterocycles. The molecule has 0 fully saturated rings. The molecule has 0 saturated carbocycles. The molecule has 2 aromatic carbocycles. The quantitative estimate of drug-likeness (QED) is 0.556. The monoisotopic (exact) mass is 340 g/mol. The Morgan fingerprint density at radius 3 is 2.56 bits per heavy atom. The highest BCUT2D eigenvalue weighted by atomic mass is 19.1. The van der Waals surface area contributed by atoms with Crippen molar-refractivity contribution in [2.24, 2.45) is 0 Å². The Morgan fingerprint density at radius 2 is 1.80 bits per heavy atom. The second kappa shape index (κ2) is 5.47. The lowest BCUT2D eigenvalue weighted by atomic mass is 10.1. The van der Waals surface area contributed by atoms with E-state index in [9.17, 15) is 8.78 Å². The van der Waals surface area contributed by atoms with Crippen LogP contribution < -0.4 is 4.74 Å². The summed E-state index contributed by atoms with van der Waals surface area (Å²) < 4.78 is 35.5. The summed E-state index contributed by atoms with van der Waals surface area (Å²) in [5.41, 5.74) is 2.71. The van der Waals surface area contributed by atoms with Gasteiger partial charge in [0.05, 0.1) is 23.9 Å². The maximum Gasteiger partial charge on any atom is 0.183 e. The van der Waals surface area contributed by atoms with Gasteiger partial charge in [-0.15, -0.1) is 10.2 Å². The second-order valence-corrected chi connectivity index (χ2v) is 5.84. The van der Waals surface area contributed by atoms with Crippen LogP contribution in [0.2, 0.25) is 0 Å². The van der Waals surface area contributed by atoms with E-state index in [0.717, 1.165) is 5.56 Å². The van der Waals surface area contributed by atoms with E-state index < -0.39 is 11.6 Å². The molecule has 0 N–H and O–H groups in total. The molecule has 2 heterocycles. The Hall–Kier alpha value is -3.09. The summed E-state index contributed by atoms with van der Waals surface area (Å²) in [6.45, 7) is 3.62. The van der Waals surface area contributed by atoms with Gasteiger partial charge in [0.1, 0.15) is 22.9 Å². The van der Waals surface area contributed by atoms with Crippen molar-refractivity contribution in [3.63, 3.8) is 0 Å². The smallest absolute Gasteiger partial charge is 0.183 e. The van der Waals surface area contributed by atoms with Crippen LogP contribution in [-0.2, 0) is 0 Å². The van der Waals surface area contributed by atoms with Crippen molar-refractivity contribution >= 4 is 16.7 Å². The summed E-state index contributed by atoms with van der Waals surface area (Å²) in [7, 11) is 1.45. The number of methoxy groups -OCH3 is 1. The Morgan fingerprint density at radius 1 is 1.00 bits per heavy atom. The van der Waals surface area contributed by atoms with E-state index in [1.807, 2.05) is 6.92 Å². The van der Waals surface area contributed by atoms with Gasteiger partial charge in [-0.25, -0.2) is 13.8 Å². The summed E-state index contributed by atoms with van der Waals surface area (Å²) in [5.74, 6) is -0.292. The van der Waals surface area contributed by atoms with Gasteiger partial charge in [-0.05, 0) is 26.0 Å². The first-order chi connectivity index (χ1) is 12.0. The molecule has 7 heteroatoms. The first kappa shape index (κ1) is 15.4. The largest absolute Gasteiger partial charge is 0.497 e. The Kier molecular flexibility index (Phi) is 3.38. The topological polar surface area (TPSA) is 52.3 Å². The summed E-state index contributed by atoms with van der Waals surface area (Å²) in [6.07, 6.45) is 0. The maximum atomic E-state index is 14.4. The van der Waals surface area contributed by atoms with Gasteiger partial charge in [0, 0.05) is 12.1 Å². The highest BCUT2D eigenvalue weighted by molar-refractivity contribution is 5.82. The Bertz CT molecular complexity index is 1140. The van der Waals surface area contributed by atoms with Crippen molar-refractivity contribution in [3.05, 3.63) is 53.2 Å². The summed E-state index contributed by atoms with van der Waals surface area (Å²) in [6, 6.07) is 7.64. The van der Waals surface area contributed by atoms with Crippen molar-refractivity contribution in [1.82, 2.24) is 19.6 Å². The number of fused-ring (bicyclic) bond motifs is 3. The van der Waals surface area contributed by atoms with E-state index in [2.05, 4.69) is 15.2 Å². The number of imidazole rings is 1. The van der Waals surface area contributed by atoms with Crippen LogP contribution in [0, 0.1) is 25.5 Å². The predicted molar refractivity (Wildman–Crippen MR) is 89.7 cm³/mol. The number of hydrogen-bond acceptors (Lipinski definition) is 4. The molecule has 0 atom stereocenters. The third-order valence-electron chi connectivity index (χ3n) is 4.12. The third kappa shape index (κ3) is 2.31. The molecule has 0 amide bonds. The summed E-state index contributed by atoms with van der Waals surface area (Å²) in [5, 5.41) is 8.03. The lowest BCUT2D eigenvalue weighted by Gasteiger charge is -2.09. The molecule has 0 aliphatic carbocycles. The van der Waals surface area contributed by atoms with Gasteiger partial charge < -0.3 is 4.74 Å². The van der Waals surface area contributed by atoms with Crippen molar-refractivity contribution in [2.45, 2.75) is 13.8 Å². The van der Waals surface area contributed by atoms with Gasteiger partial charge in [-0.1, -0.05) is 11.6 Å². The molecule has 4 rings (SSSR count). The van der Waals surface area contributed by atoms with Gasteiger partial charge >= 0.3 is 0 Å². The molecular weight excluding hydrogens is 326 g/mol. The number of rotatable bonds is 2. The van der Waals surface area contributed by atoms with Gasteiger partial charge in [0.2, 0.25) is 0 Å². The first-order valence-corrected chi connectivity index (χ1v) is 7.65. The molecule has 5 nitrogen and oxygen atoms in total. The molecule has 0 aliphatic rings. The molecular formula is C18H14F2N4O. The highest BCUT2D eigenvalue weighted by Crippen LogP contribution is 2.30. The van der Waals surface area contributed by atoms with Gasteiger partial charge in [0.25, 0.3) is 0 Å². The number of ether oxygens (including phenoxy) is 1.